The third-order valence-electron chi connectivity index (χ3n) is 5.14. The highest BCUT2D eigenvalue weighted by molar-refractivity contribution is 5.73. The Labute approximate surface area is 143 Å². The van der Waals surface area contributed by atoms with Crippen LogP contribution in [0, 0.1) is 6.92 Å². The van der Waals surface area contributed by atoms with E-state index in [2.05, 4.69) is 20.2 Å². The molecular formula is C17H29N5O2. The highest BCUT2D eigenvalue weighted by Crippen LogP contribution is 2.35. The second-order valence-corrected chi connectivity index (χ2v) is 7.34. The Hall–Kier alpha value is -1.60. The van der Waals surface area contributed by atoms with Gasteiger partial charge in [-0.2, -0.15) is 0 Å². The predicted octanol–water partition coefficient (Wildman–Crippen LogP) is 1.50. The fourth-order valence-electron chi connectivity index (χ4n) is 3.71. The Bertz CT molecular complexity index is 563. The first-order valence-electron chi connectivity index (χ1n) is 8.80. The number of urea groups is 1. The maximum absolute atomic E-state index is 11.9. The van der Waals surface area contributed by atoms with Gasteiger partial charge >= 0.3 is 6.03 Å². The number of H-pyrrole nitrogens is 1. The zero-order valence-electron chi connectivity index (χ0n) is 15.0. The van der Waals surface area contributed by atoms with E-state index >= 15 is 0 Å². The average molecular weight is 335 g/mol. The van der Waals surface area contributed by atoms with Crippen LogP contribution in [-0.2, 0) is 11.3 Å². The summed E-state index contributed by atoms with van der Waals surface area (Å²) in [5.41, 5.74) is 1.10. The molecule has 0 aromatic carbocycles. The normalized spacial score (nSPS) is 24.0. The Morgan fingerprint density at radius 2 is 2.25 bits per heavy atom. The van der Waals surface area contributed by atoms with Crippen molar-refractivity contribution in [1.29, 1.82) is 0 Å². The molecule has 2 N–H and O–H groups in total. The number of aromatic nitrogens is 2. The summed E-state index contributed by atoms with van der Waals surface area (Å²) in [5, 5.41) is 3.12. The van der Waals surface area contributed by atoms with Crippen molar-refractivity contribution in [3.8, 4) is 0 Å². The standard InChI is InChI=1S/C17H29N5O2/c1-13-18-11-15(19-13)12-22-7-5-17(6-8-22)10-14(4-9-24-17)20-16(23)21(2)3/h11,14H,4-10,12H2,1-3H3,(H,18,19)(H,20,23)/t14-/m1/s1. The lowest BCUT2D eigenvalue weighted by molar-refractivity contribution is -0.119. The summed E-state index contributed by atoms with van der Waals surface area (Å²) in [4.78, 5) is 23.5. The number of hydrogen-bond donors (Lipinski definition) is 2. The maximum atomic E-state index is 11.9. The van der Waals surface area contributed by atoms with Crippen LogP contribution >= 0.6 is 0 Å². The van der Waals surface area contributed by atoms with Crippen LogP contribution in [0.5, 0.6) is 0 Å². The van der Waals surface area contributed by atoms with Crippen molar-refractivity contribution in [1.82, 2.24) is 25.1 Å². The first-order chi connectivity index (χ1) is 11.5. The molecule has 7 heteroatoms. The zero-order chi connectivity index (χ0) is 17.2. The number of nitrogens with one attached hydrogen (secondary N) is 2. The number of likely N-dealkylation sites (tertiary alicyclic amines) is 1. The quantitative estimate of drug-likeness (QED) is 0.878. The van der Waals surface area contributed by atoms with Crippen molar-refractivity contribution < 1.29 is 9.53 Å². The lowest BCUT2D eigenvalue weighted by Gasteiger charge is -2.46. The minimum atomic E-state index is -0.0666. The van der Waals surface area contributed by atoms with Crippen molar-refractivity contribution in [3.05, 3.63) is 17.7 Å². The van der Waals surface area contributed by atoms with Crippen molar-refractivity contribution in [2.75, 3.05) is 33.8 Å². The molecule has 0 bridgehead atoms. The topological polar surface area (TPSA) is 73.5 Å². The van der Waals surface area contributed by atoms with Gasteiger partial charge in [0.2, 0.25) is 0 Å². The third-order valence-corrected chi connectivity index (χ3v) is 5.14. The lowest BCUT2D eigenvalue weighted by Crippen LogP contribution is -2.54. The summed E-state index contributed by atoms with van der Waals surface area (Å²) in [6.45, 7) is 5.67. The van der Waals surface area contributed by atoms with E-state index in [4.69, 9.17) is 4.74 Å². The molecule has 3 heterocycles. The van der Waals surface area contributed by atoms with Gasteiger partial charge in [0.25, 0.3) is 0 Å². The summed E-state index contributed by atoms with van der Waals surface area (Å²) >= 11 is 0. The Morgan fingerprint density at radius 1 is 1.50 bits per heavy atom. The molecule has 1 aromatic heterocycles. The Balaban J connectivity index is 1.51. The van der Waals surface area contributed by atoms with Gasteiger partial charge in [0.1, 0.15) is 5.82 Å². The number of piperidine rings is 1. The van der Waals surface area contributed by atoms with Gasteiger partial charge in [-0.25, -0.2) is 9.78 Å². The van der Waals surface area contributed by atoms with Crippen LogP contribution in [0.15, 0.2) is 6.20 Å². The molecule has 2 aliphatic heterocycles. The summed E-state index contributed by atoms with van der Waals surface area (Å²) < 4.78 is 6.17. The summed E-state index contributed by atoms with van der Waals surface area (Å²) in [7, 11) is 3.56. The maximum Gasteiger partial charge on any atom is 0.317 e. The fourth-order valence-corrected chi connectivity index (χ4v) is 3.71. The fraction of sp³-hybridized carbons (Fsp3) is 0.765. The van der Waals surface area contributed by atoms with Gasteiger partial charge in [-0.3, -0.25) is 4.90 Å². The number of nitrogens with zero attached hydrogens (tertiary/aromatic N) is 3. The molecule has 1 aromatic rings. The molecule has 24 heavy (non-hydrogen) atoms. The van der Waals surface area contributed by atoms with E-state index in [0.717, 1.165) is 57.7 Å². The molecule has 0 unspecified atom stereocenters. The van der Waals surface area contributed by atoms with Crippen LogP contribution in [-0.4, -0.2) is 71.2 Å². The molecule has 2 amide bonds. The predicted molar refractivity (Wildman–Crippen MR) is 91.8 cm³/mol. The van der Waals surface area contributed by atoms with Crippen LogP contribution in [0.4, 0.5) is 4.79 Å². The Morgan fingerprint density at radius 3 is 2.88 bits per heavy atom. The molecule has 1 atom stereocenters. The second-order valence-electron chi connectivity index (χ2n) is 7.34. The molecule has 2 saturated heterocycles. The van der Waals surface area contributed by atoms with Crippen molar-refractivity contribution >= 4 is 6.03 Å². The number of rotatable bonds is 3. The second kappa shape index (κ2) is 7.11. The van der Waals surface area contributed by atoms with Gasteiger partial charge in [-0.15, -0.1) is 0 Å². The van der Waals surface area contributed by atoms with E-state index in [1.807, 2.05) is 13.1 Å². The SMILES string of the molecule is Cc1ncc(CN2CCC3(CC2)C[C@H](NC(=O)N(C)C)CCO3)[nH]1. The van der Waals surface area contributed by atoms with Gasteiger partial charge in [0.05, 0.1) is 5.60 Å². The van der Waals surface area contributed by atoms with Crippen molar-refractivity contribution in [2.24, 2.45) is 0 Å². The largest absolute Gasteiger partial charge is 0.375 e. The third kappa shape index (κ3) is 4.08. The van der Waals surface area contributed by atoms with Gasteiger partial charge in [-0.05, 0) is 32.6 Å². The number of aryl methyl sites for hydroxylation is 1. The van der Waals surface area contributed by atoms with Crippen LogP contribution in [0.25, 0.3) is 0 Å². The van der Waals surface area contributed by atoms with Crippen molar-refractivity contribution in [2.45, 2.75) is 50.8 Å². The lowest BCUT2D eigenvalue weighted by atomic mass is 9.82. The number of hydrogen-bond acceptors (Lipinski definition) is 4. The molecule has 0 radical (unpaired) electrons. The number of aromatic amines is 1. The van der Waals surface area contributed by atoms with E-state index in [0.29, 0.717) is 0 Å². The van der Waals surface area contributed by atoms with Gasteiger partial charge < -0.3 is 19.9 Å². The average Bonchev–Trinajstić information content (AvgIpc) is 2.95. The van der Waals surface area contributed by atoms with Gasteiger partial charge in [0.15, 0.2) is 0 Å². The van der Waals surface area contributed by atoms with E-state index in [1.54, 1.807) is 19.0 Å². The van der Waals surface area contributed by atoms with Crippen LogP contribution in [0.1, 0.15) is 37.2 Å². The molecule has 2 aliphatic rings. The summed E-state index contributed by atoms with van der Waals surface area (Å²) in [6, 6.07) is 0.208. The summed E-state index contributed by atoms with van der Waals surface area (Å²) in [6.07, 6.45) is 5.79. The molecule has 7 nitrogen and oxygen atoms in total. The summed E-state index contributed by atoms with van der Waals surface area (Å²) in [5.74, 6) is 0.966. The minimum Gasteiger partial charge on any atom is -0.375 e. The zero-order valence-corrected chi connectivity index (χ0v) is 15.0. The highest BCUT2D eigenvalue weighted by atomic mass is 16.5. The molecule has 3 rings (SSSR count). The van der Waals surface area contributed by atoms with E-state index in [1.165, 1.54) is 5.69 Å². The molecule has 1 spiro atoms. The highest BCUT2D eigenvalue weighted by Gasteiger charge is 2.40. The van der Waals surface area contributed by atoms with Crippen LogP contribution in [0.2, 0.25) is 0 Å². The minimum absolute atomic E-state index is 0.0101. The molecule has 0 aliphatic carbocycles. The smallest absolute Gasteiger partial charge is 0.317 e. The first kappa shape index (κ1) is 17.2. The van der Waals surface area contributed by atoms with Crippen LogP contribution < -0.4 is 5.32 Å². The number of carbonyl (C=O) groups is 1. The molecule has 2 fully saturated rings. The van der Waals surface area contributed by atoms with Gasteiger partial charge in [0, 0.05) is 58.3 Å². The molecule has 134 valence electrons. The van der Waals surface area contributed by atoms with E-state index < -0.39 is 0 Å². The number of imidazole rings is 1. The van der Waals surface area contributed by atoms with E-state index in [-0.39, 0.29) is 17.7 Å². The van der Waals surface area contributed by atoms with Crippen LogP contribution in [0.3, 0.4) is 0 Å². The number of ether oxygens (including phenoxy) is 1. The number of carbonyl (C=O) groups excluding carboxylic acids is 1. The molecular weight excluding hydrogens is 306 g/mol. The number of amides is 2. The van der Waals surface area contributed by atoms with E-state index in [9.17, 15) is 4.79 Å². The first-order valence-corrected chi connectivity index (χ1v) is 8.80. The monoisotopic (exact) mass is 335 g/mol. The van der Waals surface area contributed by atoms with Crippen molar-refractivity contribution in [3.63, 3.8) is 0 Å². The Kier molecular flexibility index (Phi) is 5.10. The molecule has 0 saturated carbocycles. The van der Waals surface area contributed by atoms with Gasteiger partial charge in [-0.1, -0.05) is 0 Å².